The molecule has 3 nitrogen and oxygen atoms in total. The summed E-state index contributed by atoms with van der Waals surface area (Å²) in [4.78, 5) is 14.1. The quantitative estimate of drug-likeness (QED) is 0.843. The van der Waals surface area contributed by atoms with Crippen LogP contribution in [0.2, 0.25) is 0 Å². The van der Waals surface area contributed by atoms with Crippen molar-refractivity contribution in [1.82, 2.24) is 0 Å². The van der Waals surface area contributed by atoms with Crippen molar-refractivity contribution in [2.75, 3.05) is 11.9 Å². The van der Waals surface area contributed by atoms with Crippen LogP contribution in [0.4, 0.5) is 5.69 Å². The van der Waals surface area contributed by atoms with Gasteiger partial charge in [-0.25, -0.2) is 0 Å². The topological polar surface area (TPSA) is 44.1 Å². The highest BCUT2D eigenvalue weighted by Gasteiger charge is 2.40. The summed E-state index contributed by atoms with van der Waals surface area (Å²) in [6.45, 7) is 0. The molecule has 3 atom stereocenters. The highest BCUT2D eigenvalue weighted by atomic mass is 16.2. The number of benzene rings is 1. The molecule has 2 saturated carbocycles. The third kappa shape index (κ3) is 2.31. The Morgan fingerprint density at radius 2 is 2.15 bits per heavy atom. The van der Waals surface area contributed by atoms with Gasteiger partial charge in [-0.15, -0.1) is 0 Å². The zero-order valence-electron chi connectivity index (χ0n) is 11.9. The first-order valence-corrected chi connectivity index (χ1v) is 7.44. The Bertz CT molecular complexity index is 560. The fourth-order valence-electron chi connectivity index (χ4n) is 3.98. The summed E-state index contributed by atoms with van der Waals surface area (Å²) in [6, 6.07) is 9.47. The molecular formula is C17H20N2O. The van der Waals surface area contributed by atoms with E-state index in [1.54, 1.807) is 18.0 Å². The van der Waals surface area contributed by atoms with Crippen LogP contribution in [-0.4, -0.2) is 13.0 Å². The predicted molar refractivity (Wildman–Crippen MR) is 78.1 cm³/mol. The maximum absolute atomic E-state index is 12.5. The van der Waals surface area contributed by atoms with Gasteiger partial charge in [-0.3, -0.25) is 4.79 Å². The van der Waals surface area contributed by atoms with Crippen LogP contribution in [0.5, 0.6) is 0 Å². The molecule has 1 amide bonds. The molecule has 2 aliphatic rings. The lowest BCUT2D eigenvalue weighted by atomic mass is 9.86. The Morgan fingerprint density at radius 1 is 1.35 bits per heavy atom. The van der Waals surface area contributed by atoms with Crippen molar-refractivity contribution >= 4 is 11.6 Å². The summed E-state index contributed by atoms with van der Waals surface area (Å²) in [5, 5.41) is 9.13. The third-order valence-electron chi connectivity index (χ3n) is 5.08. The number of anilines is 1. The first kappa shape index (κ1) is 13.2. The van der Waals surface area contributed by atoms with Gasteiger partial charge in [0.15, 0.2) is 0 Å². The van der Waals surface area contributed by atoms with Crippen molar-refractivity contribution in [2.45, 2.75) is 32.1 Å². The molecule has 0 aromatic heterocycles. The molecule has 104 valence electrons. The summed E-state index contributed by atoms with van der Waals surface area (Å²) in [7, 11) is 1.78. The zero-order chi connectivity index (χ0) is 14.1. The number of rotatable bonds is 3. The van der Waals surface area contributed by atoms with Crippen molar-refractivity contribution in [3.63, 3.8) is 0 Å². The third-order valence-corrected chi connectivity index (χ3v) is 5.08. The van der Waals surface area contributed by atoms with Crippen LogP contribution in [0.15, 0.2) is 24.3 Å². The zero-order valence-corrected chi connectivity index (χ0v) is 11.9. The molecule has 0 N–H and O–H groups in total. The first-order valence-electron chi connectivity index (χ1n) is 7.44. The smallest absolute Gasteiger partial charge is 0.227 e. The molecule has 3 unspecified atom stereocenters. The highest BCUT2D eigenvalue weighted by Crippen LogP contribution is 2.49. The van der Waals surface area contributed by atoms with Crippen molar-refractivity contribution in [2.24, 2.45) is 17.8 Å². The van der Waals surface area contributed by atoms with Crippen LogP contribution < -0.4 is 4.90 Å². The van der Waals surface area contributed by atoms with Crippen LogP contribution in [0.25, 0.3) is 0 Å². The van der Waals surface area contributed by atoms with Gasteiger partial charge in [0.05, 0.1) is 11.3 Å². The minimum Gasteiger partial charge on any atom is -0.314 e. The number of amides is 1. The number of nitriles is 1. The second-order valence-electron chi connectivity index (χ2n) is 6.22. The Morgan fingerprint density at radius 3 is 2.80 bits per heavy atom. The fraction of sp³-hybridized carbons (Fsp3) is 0.529. The van der Waals surface area contributed by atoms with Gasteiger partial charge in [0.25, 0.3) is 0 Å². The molecule has 0 spiro atoms. The molecule has 3 heteroatoms. The maximum Gasteiger partial charge on any atom is 0.227 e. The largest absolute Gasteiger partial charge is 0.314 e. The van der Waals surface area contributed by atoms with Gasteiger partial charge in [-0.1, -0.05) is 18.6 Å². The Balaban J connectivity index is 1.69. The van der Waals surface area contributed by atoms with Gasteiger partial charge in [0.1, 0.15) is 6.07 Å². The monoisotopic (exact) mass is 268 g/mol. The molecule has 0 saturated heterocycles. The highest BCUT2D eigenvalue weighted by molar-refractivity contribution is 5.94. The molecule has 2 aliphatic carbocycles. The molecule has 1 aromatic carbocycles. The minimum absolute atomic E-state index is 0.144. The molecule has 1 aromatic rings. The maximum atomic E-state index is 12.5. The van der Waals surface area contributed by atoms with Crippen molar-refractivity contribution < 1.29 is 4.79 Å². The number of nitrogens with zero attached hydrogens (tertiary/aromatic N) is 2. The summed E-state index contributed by atoms with van der Waals surface area (Å²) in [6.07, 6.45) is 5.86. The Kier molecular flexibility index (Phi) is 3.48. The van der Waals surface area contributed by atoms with Crippen LogP contribution in [0.1, 0.15) is 37.7 Å². The first-order chi connectivity index (χ1) is 9.69. The van der Waals surface area contributed by atoms with Gasteiger partial charge in [0.2, 0.25) is 5.91 Å². The molecule has 3 rings (SSSR count). The lowest BCUT2D eigenvalue weighted by molar-refractivity contribution is -0.119. The number of hydrogen-bond donors (Lipinski definition) is 0. The van der Waals surface area contributed by atoms with Crippen molar-refractivity contribution in [3.8, 4) is 6.07 Å². The standard InChI is InChI=1S/C17H20N2O/c1-19(16-5-3-2-4-14(16)11-18)17(20)10-15-9-12-6-7-13(15)8-12/h2-5,12-13,15H,6-10H2,1H3. The Hall–Kier alpha value is -1.82. The molecule has 0 aliphatic heterocycles. The van der Waals surface area contributed by atoms with E-state index in [4.69, 9.17) is 5.26 Å². The van der Waals surface area contributed by atoms with E-state index in [1.807, 2.05) is 18.2 Å². The predicted octanol–water partition coefficient (Wildman–Crippen LogP) is 3.35. The molecule has 2 bridgehead atoms. The van der Waals surface area contributed by atoms with E-state index in [0.717, 1.165) is 17.5 Å². The van der Waals surface area contributed by atoms with Gasteiger partial charge >= 0.3 is 0 Å². The van der Waals surface area contributed by atoms with E-state index in [2.05, 4.69) is 6.07 Å². The average Bonchev–Trinajstić information content (AvgIpc) is 3.09. The van der Waals surface area contributed by atoms with E-state index in [-0.39, 0.29) is 5.91 Å². The molecular weight excluding hydrogens is 248 g/mol. The molecule has 0 radical (unpaired) electrons. The van der Waals surface area contributed by atoms with Gasteiger partial charge in [-0.2, -0.15) is 5.26 Å². The second-order valence-corrected chi connectivity index (χ2v) is 6.22. The summed E-state index contributed by atoms with van der Waals surface area (Å²) >= 11 is 0. The van der Waals surface area contributed by atoms with Gasteiger partial charge in [-0.05, 0) is 49.1 Å². The number of carbonyl (C=O) groups excluding carboxylic acids is 1. The van der Waals surface area contributed by atoms with Crippen molar-refractivity contribution in [1.29, 1.82) is 5.26 Å². The number of carbonyl (C=O) groups is 1. The minimum atomic E-state index is 0.144. The lowest BCUT2D eigenvalue weighted by Crippen LogP contribution is -2.30. The van der Waals surface area contributed by atoms with Gasteiger partial charge in [0, 0.05) is 13.5 Å². The summed E-state index contributed by atoms with van der Waals surface area (Å²) < 4.78 is 0. The van der Waals surface area contributed by atoms with E-state index < -0.39 is 0 Å². The van der Waals surface area contributed by atoms with Gasteiger partial charge < -0.3 is 4.90 Å². The van der Waals surface area contributed by atoms with Crippen LogP contribution >= 0.6 is 0 Å². The molecule has 20 heavy (non-hydrogen) atoms. The van der Waals surface area contributed by atoms with E-state index in [0.29, 0.717) is 17.9 Å². The van der Waals surface area contributed by atoms with Crippen LogP contribution in [0, 0.1) is 29.1 Å². The fourth-order valence-corrected chi connectivity index (χ4v) is 3.98. The average molecular weight is 268 g/mol. The lowest BCUT2D eigenvalue weighted by Gasteiger charge is -2.25. The van der Waals surface area contributed by atoms with Crippen LogP contribution in [-0.2, 0) is 4.79 Å². The summed E-state index contributed by atoms with van der Waals surface area (Å²) in [5.74, 6) is 2.35. The van der Waals surface area contributed by atoms with E-state index in [1.165, 1.54) is 25.7 Å². The number of para-hydroxylation sites is 1. The van der Waals surface area contributed by atoms with E-state index >= 15 is 0 Å². The van der Waals surface area contributed by atoms with E-state index in [9.17, 15) is 4.79 Å². The second kappa shape index (κ2) is 5.28. The molecule has 0 heterocycles. The van der Waals surface area contributed by atoms with Crippen molar-refractivity contribution in [3.05, 3.63) is 29.8 Å². The SMILES string of the molecule is CN(C(=O)CC1CC2CCC1C2)c1ccccc1C#N. The number of hydrogen-bond acceptors (Lipinski definition) is 2. The normalized spacial score (nSPS) is 27.3. The summed E-state index contributed by atoms with van der Waals surface area (Å²) in [5.41, 5.74) is 1.29. The number of fused-ring (bicyclic) bond motifs is 2. The van der Waals surface area contributed by atoms with Crippen LogP contribution in [0.3, 0.4) is 0 Å². The Labute approximate surface area is 120 Å². The molecule has 2 fully saturated rings.